The van der Waals surface area contributed by atoms with Gasteiger partial charge in [0.2, 0.25) is 0 Å². The lowest BCUT2D eigenvalue weighted by atomic mass is 10.2. The second-order valence-electron chi connectivity index (χ2n) is 4.54. The Morgan fingerprint density at radius 3 is 1.50 bits per heavy atom. The van der Waals surface area contributed by atoms with Crippen molar-refractivity contribution < 1.29 is 9.59 Å². The minimum Gasteiger partial charge on any atom is -0.334 e. The first-order chi connectivity index (χ1) is 9.75. The van der Waals surface area contributed by atoms with Gasteiger partial charge in [0.25, 0.3) is 11.8 Å². The number of carbonyl (C=O) groups excluding carboxylic acids is 2. The van der Waals surface area contributed by atoms with Crippen LogP contribution >= 0.6 is 22.7 Å². The Balaban J connectivity index is 1.60. The van der Waals surface area contributed by atoms with E-state index in [4.69, 9.17) is 0 Å². The zero-order valence-corrected chi connectivity index (χ0v) is 12.5. The van der Waals surface area contributed by atoms with Crippen LogP contribution in [-0.4, -0.2) is 47.8 Å². The van der Waals surface area contributed by atoms with Crippen molar-refractivity contribution in [2.45, 2.75) is 0 Å². The number of nitrogens with zero attached hydrogens (tertiary/aromatic N) is 2. The van der Waals surface area contributed by atoms with Crippen molar-refractivity contribution >= 4 is 34.5 Å². The van der Waals surface area contributed by atoms with Gasteiger partial charge in [-0.05, 0) is 22.9 Å². The molecule has 20 heavy (non-hydrogen) atoms. The van der Waals surface area contributed by atoms with E-state index in [1.807, 2.05) is 44.8 Å². The van der Waals surface area contributed by atoms with E-state index in [2.05, 4.69) is 0 Å². The second kappa shape index (κ2) is 5.76. The average molecular weight is 306 g/mol. The second-order valence-corrected chi connectivity index (χ2v) is 6.43. The lowest BCUT2D eigenvalue weighted by molar-refractivity contribution is 0.0541. The van der Waals surface area contributed by atoms with Crippen molar-refractivity contribution in [2.75, 3.05) is 26.2 Å². The van der Waals surface area contributed by atoms with E-state index in [0.29, 0.717) is 26.2 Å². The molecule has 1 aliphatic heterocycles. The third kappa shape index (κ3) is 2.62. The minimum atomic E-state index is 0.0724. The summed E-state index contributed by atoms with van der Waals surface area (Å²) >= 11 is 2.92. The summed E-state index contributed by atoms with van der Waals surface area (Å²) in [6, 6.07) is 7.45. The van der Waals surface area contributed by atoms with Crippen molar-refractivity contribution in [3.05, 3.63) is 44.8 Å². The molecule has 0 unspecified atom stereocenters. The summed E-state index contributed by atoms with van der Waals surface area (Å²) in [7, 11) is 0. The number of amides is 2. The molecule has 2 amide bonds. The van der Waals surface area contributed by atoms with E-state index in [1.165, 1.54) is 22.7 Å². The first-order valence-electron chi connectivity index (χ1n) is 6.41. The summed E-state index contributed by atoms with van der Waals surface area (Å²) in [5, 5.41) is 3.81. The molecule has 2 aromatic heterocycles. The quantitative estimate of drug-likeness (QED) is 0.855. The van der Waals surface area contributed by atoms with Crippen molar-refractivity contribution in [1.82, 2.24) is 9.80 Å². The van der Waals surface area contributed by atoms with E-state index in [-0.39, 0.29) is 11.8 Å². The molecule has 6 heteroatoms. The minimum absolute atomic E-state index is 0.0724. The zero-order valence-electron chi connectivity index (χ0n) is 10.8. The van der Waals surface area contributed by atoms with Gasteiger partial charge in [-0.3, -0.25) is 9.59 Å². The molecule has 0 bridgehead atoms. The van der Waals surface area contributed by atoms with Crippen LogP contribution in [0.5, 0.6) is 0 Å². The maximum atomic E-state index is 12.2. The molecule has 3 rings (SSSR count). The maximum absolute atomic E-state index is 12.2. The Hall–Kier alpha value is -1.66. The topological polar surface area (TPSA) is 40.6 Å². The summed E-state index contributed by atoms with van der Waals surface area (Å²) in [4.78, 5) is 29.6. The molecule has 0 saturated carbocycles. The Kier molecular flexibility index (Phi) is 3.84. The van der Waals surface area contributed by atoms with Gasteiger partial charge in [0.15, 0.2) is 0 Å². The number of thiophene rings is 2. The summed E-state index contributed by atoms with van der Waals surface area (Å²) in [6.45, 7) is 2.42. The van der Waals surface area contributed by atoms with Crippen molar-refractivity contribution in [2.24, 2.45) is 0 Å². The number of rotatable bonds is 2. The molecule has 0 aliphatic carbocycles. The molecular weight excluding hydrogens is 292 g/mol. The van der Waals surface area contributed by atoms with E-state index < -0.39 is 0 Å². The third-order valence-corrected chi connectivity index (χ3v) is 5.03. The summed E-state index contributed by atoms with van der Waals surface area (Å²) in [5.41, 5.74) is 0. The van der Waals surface area contributed by atoms with Crippen LogP contribution in [0.3, 0.4) is 0 Å². The Bertz CT molecular complexity index is 530. The predicted octanol–water partition coefficient (Wildman–Crippen LogP) is 2.41. The fraction of sp³-hybridized carbons (Fsp3) is 0.286. The molecular formula is C14H14N2O2S2. The largest absolute Gasteiger partial charge is 0.334 e. The lowest BCUT2D eigenvalue weighted by Gasteiger charge is -2.34. The van der Waals surface area contributed by atoms with Crippen molar-refractivity contribution in [3.63, 3.8) is 0 Å². The van der Waals surface area contributed by atoms with Gasteiger partial charge >= 0.3 is 0 Å². The molecule has 2 aromatic rings. The van der Waals surface area contributed by atoms with E-state index in [1.54, 1.807) is 0 Å². The molecule has 4 nitrogen and oxygen atoms in total. The van der Waals surface area contributed by atoms with E-state index in [9.17, 15) is 9.59 Å². The molecule has 1 saturated heterocycles. The smallest absolute Gasteiger partial charge is 0.264 e. The molecule has 1 aliphatic rings. The predicted molar refractivity (Wildman–Crippen MR) is 80.4 cm³/mol. The van der Waals surface area contributed by atoms with Crippen LogP contribution in [0.1, 0.15) is 19.3 Å². The molecule has 104 valence electrons. The molecule has 0 aromatic carbocycles. The molecule has 1 fully saturated rings. The zero-order chi connectivity index (χ0) is 13.9. The van der Waals surface area contributed by atoms with Gasteiger partial charge in [0, 0.05) is 26.2 Å². The standard InChI is InChI=1S/C14H14N2O2S2/c17-13(11-3-1-9-19-11)15-5-7-16(8-6-15)14(18)12-4-2-10-20-12/h1-4,9-10H,5-8H2. The van der Waals surface area contributed by atoms with Gasteiger partial charge in [0.05, 0.1) is 9.75 Å². The van der Waals surface area contributed by atoms with Gasteiger partial charge < -0.3 is 9.80 Å². The molecule has 0 radical (unpaired) electrons. The van der Waals surface area contributed by atoms with Crippen LogP contribution in [0.15, 0.2) is 35.0 Å². The average Bonchev–Trinajstić information content (AvgIpc) is 3.18. The highest BCUT2D eigenvalue weighted by Crippen LogP contribution is 2.16. The number of hydrogen-bond acceptors (Lipinski definition) is 4. The van der Waals surface area contributed by atoms with Gasteiger partial charge in [0.1, 0.15) is 0 Å². The summed E-state index contributed by atoms with van der Waals surface area (Å²) < 4.78 is 0. The highest BCUT2D eigenvalue weighted by Gasteiger charge is 2.26. The summed E-state index contributed by atoms with van der Waals surface area (Å²) in [5.74, 6) is 0.145. The highest BCUT2D eigenvalue weighted by atomic mass is 32.1. The Morgan fingerprint density at radius 1 is 0.800 bits per heavy atom. The molecule has 0 N–H and O–H groups in total. The Morgan fingerprint density at radius 2 is 1.20 bits per heavy atom. The highest BCUT2D eigenvalue weighted by molar-refractivity contribution is 7.12. The first kappa shape index (κ1) is 13.3. The van der Waals surface area contributed by atoms with Crippen LogP contribution in [0, 0.1) is 0 Å². The molecule has 3 heterocycles. The fourth-order valence-electron chi connectivity index (χ4n) is 2.22. The molecule has 0 atom stereocenters. The van der Waals surface area contributed by atoms with Crippen molar-refractivity contribution in [3.8, 4) is 0 Å². The molecule has 0 spiro atoms. The third-order valence-electron chi connectivity index (χ3n) is 3.32. The first-order valence-corrected chi connectivity index (χ1v) is 8.17. The van der Waals surface area contributed by atoms with Crippen LogP contribution in [0.4, 0.5) is 0 Å². The normalized spacial score (nSPS) is 15.4. The van der Waals surface area contributed by atoms with Crippen LogP contribution in [0.2, 0.25) is 0 Å². The van der Waals surface area contributed by atoms with Crippen LogP contribution in [0.25, 0.3) is 0 Å². The van der Waals surface area contributed by atoms with Crippen molar-refractivity contribution in [1.29, 1.82) is 0 Å². The van der Waals surface area contributed by atoms with Gasteiger partial charge in [-0.15, -0.1) is 22.7 Å². The van der Waals surface area contributed by atoms with E-state index >= 15 is 0 Å². The fourth-order valence-corrected chi connectivity index (χ4v) is 3.61. The lowest BCUT2D eigenvalue weighted by Crippen LogP contribution is -2.50. The maximum Gasteiger partial charge on any atom is 0.264 e. The number of carbonyl (C=O) groups is 2. The van der Waals surface area contributed by atoms with Crippen LogP contribution in [-0.2, 0) is 0 Å². The van der Waals surface area contributed by atoms with Gasteiger partial charge in [-0.25, -0.2) is 0 Å². The SMILES string of the molecule is O=C(c1cccs1)N1CCN(C(=O)c2cccs2)CC1. The van der Waals surface area contributed by atoms with E-state index in [0.717, 1.165) is 9.75 Å². The number of piperazine rings is 1. The number of hydrogen-bond donors (Lipinski definition) is 0. The Labute approximate surface area is 125 Å². The van der Waals surface area contributed by atoms with Gasteiger partial charge in [-0.2, -0.15) is 0 Å². The van der Waals surface area contributed by atoms with Gasteiger partial charge in [-0.1, -0.05) is 12.1 Å². The summed E-state index contributed by atoms with van der Waals surface area (Å²) in [6.07, 6.45) is 0. The van der Waals surface area contributed by atoms with Crippen LogP contribution < -0.4 is 0 Å². The monoisotopic (exact) mass is 306 g/mol.